The summed E-state index contributed by atoms with van der Waals surface area (Å²) in [6, 6.07) is 0. The molecule has 4 radical (unpaired) electrons. The number of hydrogen-bond donors (Lipinski definition) is 0. The van der Waals surface area contributed by atoms with E-state index in [2.05, 4.69) is 18.9 Å². The van der Waals surface area contributed by atoms with Gasteiger partial charge >= 0.3 is 0 Å². The first-order chi connectivity index (χ1) is 11.1. The maximum Gasteiger partial charge on any atom is 0.0423 e. The second kappa shape index (κ2) is 32.3. The smallest absolute Gasteiger partial charge is 0.0423 e. The Morgan fingerprint density at radius 3 is 0.600 bits per heavy atom. The van der Waals surface area contributed by atoms with Gasteiger partial charge in [0, 0.05) is 53.7 Å². The van der Waals surface area contributed by atoms with Crippen LogP contribution in [0.25, 0.3) is 0 Å². The summed E-state index contributed by atoms with van der Waals surface area (Å²) in [4.78, 5) is 0. The minimum absolute atomic E-state index is 0. The third-order valence-corrected chi connectivity index (χ3v) is 1.61. The average molecular weight is 564 g/mol. The van der Waals surface area contributed by atoms with Crippen LogP contribution in [-0.2, 0) is 18.9 Å². The van der Waals surface area contributed by atoms with Crippen molar-refractivity contribution in [3.63, 3.8) is 0 Å². The van der Waals surface area contributed by atoms with Gasteiger partial charge < -0.3 is 39.4 Å². The van der Waals surface area contributed by atoms with Crippen molar-refractivity contribution in [3.05, 3.63) is 0 Å². The second-order valence-corrected chi connectivity index (χ2v) is 4.09. The van der Waals surface area contributed by atoms with Gasteiger partial charge in [-0.25, -0.2) is 0 Å². The maximum absolute atomic E-state index is 9.90. The van der Waals surface area contributed by atoms with Crippen LogP contribution < -0.4 is 20.4 Å². The molecule has 0 aliphatic heterocycles. The Labute approximate surface area is 173 Å². The van der Waals surface area contributed by atoms with Crippen LogP contribution >= 0.6 is 0 Å². The fraction of sp³-hybridized carbons (Fsp3) is 1.00. The van der Waals surface area contributed by atoms with Gasteiger partial charge in [0.15, 0.2) is 0 Å². The Balaban J connectivity index is -0.0000000702. The molecule has 4 unspecified atom stereocenters. The molecule has 0 heterocycles. The molecule has 0 aromatic heterocycles. The predicted molar refractivity (Wildman–Crippen MR) is 90.1 cm³/mol. The molecule has 0 spiro atoms. The van der Waals surface area contributed by atoms with E-state index >= 15 is 0 Å². The zero-order valence-electron chi connectivity index (χ0n) is 16.9. The molecule has 0 aromatic rings. The summed E-state index contributed by atoms with van der Waals surface area (Å²) >= 11 is 0. The van der Waals surface area contributed by atoms with E-state index in [-0.39, 0.29) is 27.3 Å². The van der Waals surface area contributed by atoms with Crippen molar-refractivity contribution in [2.24, 2.45) is 0 Å². The summed E-state index contributed by atoms with van der Waals surface area (Å²) in [5.74, 6) is 0. The minimum Gasteiger partial charge on any atom is -0.831 e. The first kappa shape index (κ1) is 36.5. The molecule has 0 amide bonds. The Kier molecular flexibility index (Phi) is 47.2. The summed E-state index contributed by atoms with van der Waals surface area (Å²) in [6.45, 7) is 15.2. The summed E-state index contributed by atoms with van der Waals surface area (Å²) in [5, 5.41) is 39.6. The quantitative estimate of drug-likeness (QED) is 0.259. The average Bonchev–Trinajstić information content (AvgIpc) is 2.39. The van der Waals surface area contributed by atoms with Gasteiger partial charge in [-0.15, -0.1) is 0 Å². The molecular weight excluding hydrogens is 527 g/mol. The van der Waals surface area contributed by atoms with Gasteiger partial charge in [0.25, 0.3) is 0 Å². The molecule has 25 heavy (non-hydrogen) atoms. The van der Waals surface area contributed by atoms with E-state index < -0.39 is 25.2 Å². The van der Waals surface area contributed by atoms with Crippen LogP contribution in [-0.4, -0.2) is 78.9 Å². The Morgan fingerprint density at radius 2 is 0.600 bits per heavy atom. The van der Waals surface area contributed by atoms with Gasteiger partial charge in [0.1, 0.15) is 0 Å². The molecule has 0 N–H and O–H groups in total. The normalized spacial score (nSPS) is 13.9. The molecule has 0 bridgehead atoms. The van der Waals surface area contributed by atoms with E-state index in [4.69, 9.17) is 0 Å². The zero-order valence-corrected chi connectivity index (χ0v) is 20.8. The van der Waals surface area contributed by atoms with E-state index in [9.17, 15) is 20.4 Å². The second-order valence-electron chi connectivity index (χ2n) is 4.09. The largest absolute Gasteiger partial charge is 0.831 e. The summed E-state index contributed by atoms with van der Waals surface area (Å²) < 4.78 is 17.9. The monoisotopic (exact) mass is 564 g/mol. The number of rotatable bonds is 8. The Bertz CT molecular complexity index is 153. The van der Waals surface area contributed by atoms with Crippen LogP contribution in [0.4, 0.5) is 0 Å². The van der Waals surface area contributed by atoms with E-state index in [0.29, 0.717) is 26.4 Å². The van der Waals surface area contributed by atoms with Gasteiger partial charge in [-0.2, -0.15) is 0 Å². The van der Waals surface area contributed by atoms with Crippen molar-refractivity contribution in [1.29, 1.82) is 0 Å². The molecule has 0 aromatic carbocycles. The van der Waals surface area contributed by atoms with Gasteiger partial charge in [0.05, 0.1) is 0 Å². The fourth-order valence-electron chi connectivity index (χ4n) is 0.939. The molecule has 0 rings (SSSR count). The third kappa shape index (κ3) is 79.1. The molecule has 4 atom stereocenters. The molecular formula is C16H36O8Pb-4. The van der Waals surface area contributed by atoms with Gasteiger partial charge in [-0.1, -0.05) is 27.7 Å². The van der Waals surface area contributed by atoms with E-state index in [1.165, 1.54) is 27.7 Å². The van der Waals surface area contributed by atoms with Crippen LogP contribution in [0.1, 0.15) is 55.4 Å². The van der Waals surface area contributed by atoms with Gasteiger partial charge in [-0.3, -0.25) is 0 Å². The van der Waals surface area contributed by atoms with Crippen LogP contribution in [0.2, 0.25) is 0 Å². The zero-order chi connectivity index (χ0) is 20.0. The maximum atomic E-state index is 9.90. The van der Waals surface area contributed by atoms with Crippen molar-refractivity contribution in [3.8, 4) is 0 Å². The predicted octanol–water partition coefficient (Wildman–Crippen LogP) is -1.46. The molecule has 0 aliphatic carbocycles. The van der Waals surface area contributed by atoms with Crippen LogP contribution in [0.5, 0.6) is 0 Å². The van der Waals surface area contributed by atoms with E-state index in [1.54, 1.807) is 27.7 Å². The molecule has 0 aliphatic rings. The first-order valence-electron chi connectivity index (χ1n) is 8.18. The molecule has 0 fully saturated rings. The van der Waals surface area contributed by atoms with Crippen LogP contribution in [0, 0.1) is 0 Å². The fourth-order valence-corrected chi connectivity index (χ4v) is 0.939. The van der Waals surface area contributed by atoms with Crippen molar-refractivity contribution in [1.82, 2.24) is 0 Å². The van der Waals surface area contributed by atoms with E-state index in [0.717, 1.165) is 0 Å². The first-order valence-corrected chi connectivity index (χ1v) is 8.18. The van der Waals surface area contributed by atoms with E-state index in [1.807, 2.05) is 0 Å². The minimum atomic E-state index is -0.852. The van der Waals surface area contributed by atoms with Crippen LogP contribution in [0.3, 0.4) is 0 Å². The summed E-state index contributed by atoms with van der Waals surface area (Å²) in [6.07, 6.45) is -3.41. The van der Waals surface area contributed by atoms with Gasteiger partial charge in [-0.05, 0) is 52.9 Å². The topological polar surface area (TPSA) is 129 Å². The van der Waals surface area contributed by atoms with Crippen LogP contribution in [0.15, 0.2) is 0 Å². The Morgan fingerprint density at radius 1 is 0.480 bits per heavy atom. The molecule has 0 saturated heterocycles. The number of ether oxygens (including phenoxy) is 4. The SMILES string of the molecule is CCOC(C)[O-].CCOC(C)[O-].CCOC(C)[O-].CCOC(C)[O-].[Pb]. The standard InChI is InChI=1S/4C4H9O2.Pb/c4*1-3-6-4(2)5;/h4*4H,3H2,1-2H3;/q4*-1;. The molecule has 9 heteroatoms. The number of hydrogen-bond acceptors (Lipinski definition) is 8. The molecule has 156 valence electrons. The van der Waals surface area contributed by atoms with Crippen molar-refractivity contribution in [2.75, 3.05) is 26.4 Å². The van der Waals surface area contributed by atoms with Crippen molar-refractivity contribution in [2.45, 2.75) is 80.6 Å². The Hall–Kier alpha value is 0.602. The molecule has 0 saturated carbocycles. The summed E-state index contributed by atoms with van der Waals surface area (Å²) in [7, 11) is 0. The summed E-state index contributed by atoms with van der Waals surface area (Å²) in [5.41, 5.74) is 0. The van der Waals surface area contributed by atoms with Crippen molar-refractivity contribution < 1.29 is 39.4 Å². The van der Waals surface area contributed by atoms with Crippen molar-refractivity contribution >= 4 is 27.3 Å². The molecule has 8 nitrogen and oxygen atoms in total. The van der Waals surface area contributed by atoms with Gasteiger partial charge in [0.2, 0.25) is 0 Å². The third-order valence-electron chi connectivity index (χ3n) is 1.61.